The Kier molecular flexibility index (Phi) is 4.35. The molecule has 0 aliphatic heterocycles. The van der Waals surface area contributed by atoms with Crippen LogP contribution in [0.25, 0.3) is 33.7 Å². The van der Waals surface area contributed by atoms with E-state index in [1.807, 2.05) is 44.2 Å². The molecule has 3 aromatic heterocycles. The molecular formula is C24H22N4O2. The molecule has 1 aliphatic carbocycles. The van der Waals surface area contributed by atoms with Gasteiger partial charge in [0, 0.05) is 41.2 Å². The smallest absolute Gasteiger partial charge is 0.250 e. The van der Waals surface area contributed by atoms with Crippen molar-refractivity contribution in [1.29, 1.82) is 0 Å². The monoisotopic (exact) mass is 398 g/mol. The Balaban J connectivity index is 1.82. The first-order valence-electron chi connectivity index (χ1n) is 10.2. The van der Waals surface area contributed by atoms with E-state index in [4.69, 9.17) is 9.97 Å². The summed E-state index contributed by atoms with van der Waals surface area (Å²) in [6.45, 7) is 3.92. The van der Waals surface area contributed by atoms with Gasteiger partial charge in [0.15, 0.2) is 11.2 Å². The molecule has 1 aliphatic rings. The van der Waals surface area contributed by atoms with E-state index in [9.17, 15) is 9.59 Å². The van der Waals surface area contributed by atoms with Crippen molar-refractivity contribution in [2.24, 2.45) is 0 Å². The highest BCUT2D eigenvalue weighted by molar-refractivity contribution is 5.84. The standard InChI is InChI=1S/C24H22N4O2/c1-14(2)28-13-17(10-11-19(28)29)21-20(16-6-4-3-5-7-16)27-24-22(26-21)23(30)18(12-25-24)15-8-9-15/h3-7,10-15H,8-9H2,1-2H3,(H,25,27,30). The van der Waals surface area contributed by atoms with Crippen molar-refractivity contribution in [2.75, 3.05) is 0 Å². The molecule has 6 nitrogen and oxygen atoms in total. The van der Waals surface area contributed by atoms with Gasteiger partial charge in [-0.3, -0.25) is 9.59 Å². The third-order valence-corrected chi connectivity index (χ3v) is 5.57. The number of pyridine rings is 2. The van der Waals surface area contributed by atoms with Crippen molar-refractivity contribution in [3.8, 4) is 22.5 Å². The summed E-state index contributed by atoms with van der Waals surface area (Å²) in [6.07, 6.45) is 5.66. The maximum Gasteiger partial charge on any atom is 0.250 e. The minimum atomic E-state index is -0.0716. The van der Waals surface area contributed by atoms with Gasteiger partial charge in [0.1, 0.15) is 0 Å². The van der Waals surface area contributed by atoms with Crippen LogP contribution in [0.5, 0.6) is 0 Å². The SMILES string of the molecule is CC(C)n1cc(-c2nc3c(=O)c(C4CC4)c[nH]c3nc2-c2ccccc2)ccc1=O. The molecule has 4 aromatic rings. The number of rotatable bonds is 4. The lowest BCUT2D eigenvalue weighted by Gasteiger charge is -2.14. The second-order valence-electron chi connectivity index (χ2n) is 8.09. The van der Waals surface area contributed by atoms with E-state index in [0.717, 1.165) is 29.5 Å². The Labute approximate surface area is 173 Å². The Morgan fingerprint density at radius 2 is 1.70 bits per heavy atom. The molecule has 3 heterocycles. The quantitative estimate of drug-likeness (QED) is 0.557. The van der Waals surface area contributed by atoms with Crippen LogP contribution in [-0.2, 0) is 0 Å². The van der Waals surface area contributed by atoms with Crippen molar-refractivity contribution in [1.82, 2.24) is 19.5 Å². The molecule has 5 rings (SSSR count). The molecule has 0 amide bonds. The Hall–Kier alpha value is -3.54. The molecule has 1 fully saturated rings. The second kappa shape index (κ2) is 7.06. The summed E-state index contributed by atoms with van der Waals surface area (Å²) < 4.78 is 1.67. The number of hydrogen-bond donors (Lipinski definition) is 1. The van der Waals surface area contributed by atoms with E-state index in [1.165, 1.54) is 0 Å². The number of benzene rings is 1. The number of H-pyrrole nitrogens is 1. The highest BCUT2D eigenvalue weighted by atomic mass is 16.1. The Bertz CT molecular complexity index is 1370. The molecule has 30 heavy (non-hydrogen) atoms. The van der Waals surface area contributed by atoms with Gasteiger partial charge >= 0.3 is 0 Å². The second-order valence-corrected chi connectivity index (χ2v) is 8.09. The van der Waals surface area contributed by atoms with Gasteiger partial charge in [-0.1, -0.05) is 30.3 Å². The van der Waals surface area contributed by atoms with Crippen LogP contribution in [0, 0.1) is 0 Å². The number of nitrogens with one attached hydrogen (secondary N) is 1. The zero-order valence-electron chi connectivity index (χ0n) is 16.9. The zero-order valence-corrected chi connectivity index (χ0v) is 16.9. The van der Waals surface area contributed by atoms with Gasteiger partial charge in [-0.2, -0.15) is 0 Å². The third kappa shape index (κ3) is 3.14. The van der Waals surface area contributed by atoms with Gasteiger partial charge in [0.25, 0.3) is 5.56 Å². The van der Waals surface area contributed by atoms with E-state index in [1.54, 1.807) is 29.1 Å². The molecule has 0 atom stereocenters. The van der Waals surface area contributed by atoms with Gasteiger partial charge in [-0.05, 0) is 38.7 Å². The minimum Gasteiger partial charge on any atom is -0.344 e. The topological polar surface area (TPSA) is 80.6 Å². The van der Waals surface area contributed by atoms with Crippen LogP contribution in [0.3, 0.4) is 0 Å². The van der Waals surface area contributed by atoms with Crippen molar-refractivity contribution in [2.45, 2.75) is 38.6 Å². The Morgan fingerprint density at radius 3 is 2.40 bits per heavy atom. The van der Waals surface area contributed by atoms with Crippen molar-refractivity contribution >= 4 is 11.2 Å². The Morgan fingerprint density at radius 1 is 0.967 bits per heavy atom. The highest BCUT2D eigenvalue weighted by Gasteiger charge is 2.27. The summed E-state index contributed by atoms with van der Waals surface area (Å²) in [5, 5.41) is 0. The average Bonchev–Trinajstić information content (AvgIpc) is 3.59. The number of nitrogens with zero attached hydrogens (tertiary/aromatic N) is 3. The van der Waals surface area contributed by atoms with E-state index >= 15 is 0 Å². The van der Waals surface area contributed by atoms with Crippen LogP contribution in [-0.4, -0.2) is 19.5 Å². The van der Waals surface area contributed by atoms with Crippen LogP contribution >= 0.6 is 0 Å². The number of fused-ring (bicyclic) bond motifs is 1. The molecule has 6 heteroatoms. The van der Waals surface area contributed by atoms with Gasteiger partial charge in [0.05, 0.1) is 11.4 Å². The summed E-state index contributed by atoms with van der Waals surface area (Å²) in [6, 6.07) is 13.1. The molecule has 0 spiro atoms. The molecule has 0 saturated heterocycles. The molecule has 0 radical (unpaired) electrons. The lowest BCUT2D eigenvalue weighted by molar-refractivity contribution is 0.579. The van der Waals surface area contributed by atoms with Crippen molar-refractivity contribution in [3.05, 3.63) is 81.0 Å². The summed E-state index contributed by atoms with van der Waals surface area (Å²) in [4.78, 5) is 38.1. The summed E-state index contributed by atoms with van der Waals surface area (Å²) in [5.74, 6) is 0.319. The fraction of sp³-hybridized carbons (Fsp3) is 0.250. The first kappa shape index (κ1) is 18.5. The van der Waals surface area contributed by atoms with E-state index in [-0.39, 0.29) is 17.0 Å². The predicted octanol–water partition coefficient (Wildman–Crippen LogP) is 4.27. The van der Waals surface area contributed by atoms with E-state index < -0.39 is 0 Å². The average molecular weight is 398 g/mol. The normalized spacial score (nSPS) is 13.8. The predicted molar refractivity (Wildman–Crippen MR) is 118 cm³/mol. The van der Waals surface area contributed by atoms with Gasteiger partial charge in [0.2, 0.25) is 5.43 Å². The van der Waals surface area contributed by atoms with Gasteiger partial charge in [-0.15, -0.1) is 0 Å². The van der Waals surface area contributed by atoms with Crippen LogP contribution in [0.1, 0.15) is 44.2 Å². The van der Waals surface area contributed by atoms with E-state index in [0.29, 0.717) is 28.5 Å². The maximum atomic E-state index is 13.1. The maximum absolute atomic E-state index is 13.1. The minimum absolute atomic E-state index is 0.0101. The fourth-order valence-electron chi connectivity index (χ4n) is 3.79. The first-order valence-corrected chi connectivity index (χ1v) is 10.2. The summed E-state index contributed by atoms with van der Waals surface area (Å²) in [5.41, 5.74) is 4.40. The van der Waals surface area contributed by atoms with Crippen molar-refractivity contribution in [3.63, 3.8) is 0 Å². The van der Waals surface area contributed by atoms with E-state index in [2.05, 4.69) is 4.98 Å². The zero-order chi connectivity index (χ0) is 20.8. The molecule has 150 valence electrons. The molecule has 1 N–H and O–H groups in total. The van der Waals surface area contributed by atoms with Gasteiger partial charge in [-0.25, -0.2) is 9.97 Å². The lowest BCUT2D eigenvalue weighted by Crippen LogP contribution is -2.20. The molecule has 1 saturated carbocycles. The van der Waals surface area contributed by atoms with Crippen LogP contribution in [0.2, 0.25) is 0 Å². The molecule has 0 unspecified atom stereocenters. The molecular weight excluding hydrogens is 376 g/mol. The molecule has 0 bridgehead atoms. The summed E-state index contributed by atoms with van der Waals surface area (Å²) >= 11 is 0. The fourth-order valence-corrected chi connectivity index (χ4v) is 3.79. The van der Waals surface area contributed by atoms with Crippen molar-refractivity contribution < 1.29 is 0 Å². The highest BCUT2D eigenvalue weighted by Crippen LogP contribution is 2.38. The third-order valence-electron chi connectivity index (χ3n) is 5.57. The number of aromatic nitrogens is 4. The lowest BCUT2D eigenvalue weighted by atomic mass is 10.0. The first-order chi connectivity index (χ1) is 14.5. The van der Waals surface area contributed by atoms with Gasteiger partial charge < -0.3 is 9.55 Å². The van der Waals surface area contributed by atoms with Crippen LogP contribution in [0.4, 0.5) is 0 Å². The number of aromatic amines is 1. The van der Waals surface area contributed by atoms with Crippen LogP contribution in [0.15, 0.2) is 64.4 Å². The number of hydrogen-bond acceptors (Lipinski definition) is 4. The largest absolute Gasteiger partial charge is 0.344 e. The molecule has 1 aromatic carbocycles. The summed E-state index contributed by atoms with van der Waals surface area (Å²) in [7, 11) is 0. The van der Waals surface area contributed by atoms with Crippen LogP contribution < -0.4 is 11.0 Å².